The molecule has 2 aliphatic rings. The van der Waals surface area contributed by atoms with Gasteiger partial charge in [-0.25, -0.2) is 0 Å². The lowest BCUT2D eigenvalue weighted by Crippen LogP contribution is -2.17. The van der Waals surface area contributed by atoms with Gasteiger partial charge in [0.1, 0.15) is 5.78 Å². The molecule has 0 aromatic rings. The van der Waals surface area contributed by atoms with Gasteiger partial charge in [0.2, 0.25) is 0 Å². The predicted octanol–water partition coefficient (Wildman–Crippen LogP) is 2.34. The molecule has 1 aliphatic heterocycles. The molecule has 0 amide bonds. The highest BCUT2D eigenvalue weighted by Crippen LogP contribution is 2.25. The van der Waals surface area contributed by atoms with Gasteiger partial charge in [-0.05, 0) is 37.8 Å². The fourth-order valence-electron chi connectivity index (χ4n) is 2.02. The summed E-state index contributed by atoms with van der Waals surface area (Å²) in [5.41, 5.74) is 2.18. The van der Waals surface area contributed by atoms with Crippen molar-refractivity contribution in [3.8, 4) is 0 Å². The molecule has 1 heterocycles. The molecule has 0 N–H and O–H groups in total. The summed E-state index contributed by atoms with van der Waals surface area (Å²) in [6.07, 6.45) is 10.4. The van der Waals surface area contributed by atoms with Crippen LogP contribution in [0, 0.1) is 5.92 Å². The first-order valence-corrected chi connectivity index (χ1v) is 5.70. The van der Waals surface area contributed by atoms with Crippen LogP contribution in [0.5, 0.6) is 0 Å². The van der Waals surface area contributed by atoms with Gasteiger partial charge in [-0.2, -0.15) is 0 Å². The van der Waals surface area contributed by atoms with Crippen molar-refractivity contribution in [3.63, 3.8) is 0 Å². The Hall–Kier alpha value is -1.51. The molecule has 1 aliphatic carbocycles. The van der Waals surface area contributed by atoms with E-state index in [2.05, 4.69) is 16.1 Å². The second-order valence-corrected chi connectivity index (χ2v) is 4.20. The lowest BCUT2D eigenvalue weighted by atomic mass is 9.86. The molecular formula is C13H16N2O. The Morgan fingerprint density at radius 3 is 3.06 bits per heavy atom. The molecule has 0 aromatic carbocycles. The molecule has 16 heavy (non-hydrogen) atoms. The minimum absolute atomic E-state index is 0.211. The number of allylic oxidation sites excluding steroid dienone is 2. The van der Waals surface area contributed by atoms with Crippen LogP contribution < -0.4 is 0 Å². The summed E-state index contributed by atoms with van der Waals surface area (Å²) in [6, 6.07) is 0. The number of nitrogens with zero attached hydrogens (tertiary/aromatic N) is 2. The monoisotopic (exact) mass is 216 g/mol. The second kappa shape index (κ2) is 5.01. The summed E-state index contributed by atoms with van der Waals surface area (Å²) < 4.78 is 0. The number of rotatable bonds is 2. The zero-order valence-electron chi connectivity index (χ0n) is 9.52. The van der Waals surface area contributed by atoms with Gasteiger partial charge in [-0.1, -0.05) is 6.08 Å². The fourth-order valence-corrected chi connectivity index (χ4v) is 2.02. The molecule has 0 bridgehead atoms. The average Bonchev–Trinajstić information content (AvgIpc) is 2.57. The Morgan fingerprint density at radius 1 is 1.50 bits per heavy atom. The van der Waals surface area contributed by atoms with E-state index in [9.17, 15) is 4.79 Å². The van der Waals surface area contributed by atoms with Crippen molar-refractivity contribution in [2.45, 2.75) is 26.2 Å². The van der Waals surface area contributed by atoms with Crippen LogP contribution in [0.25, 0.3) is 0 Å². The summed E-state index contributed by atoms with van der Waals surface area (Å²) in [5.74, 6) is 0.509. The van der Waals surface area contributed by atoms with Crippen LogP contribution in [0.3, 0.4) is 0 Å². The fraction of sp³-hybridized carbons (Fsp3) is 0.462. The summed E-state index contributed by atoms with van der Waals surface area (Å²) in [5, 5.41) is 0. The van der Waals surface area contributed by atoms with Crippen molar-refractivity contribution in [2.75, 3.05) is 6.54 Å². The molecular weight excluding hydrogens is 200 g/mol. The number of aliphatic imine (C=N–C) groups is 2. The third-order valence-corrected chi connectivity index (χ3v) is 3.06. The molecule has 0 radical (unpaired) electrons. The maximum Gasteiger partial charge on any atom is 0.133 e. The van der Waals surface area contributed by atoms with Crippen LogP contribution in [0.15, 0.2) is 33.9 Å². The molecule has 0 saturated carbocycles. The zero-order chi connectivity index (χ0) is 11.4. The van der Waals surface area contributed by atoms with Crippen molar-refractivity contribution in [1.82, 2.24) is 0 Å². The van der Waals surface area contributed by atoms with Crippen molar-refractivity contribution in [1.29, 1.82) is 0 Å². The standard InChI is InChI=1S/C13H16N2O/c1-10(16)11-3-5-12(6-4-11)13-9-14-7-2-8-15-13/h2,5,8-9,11H,3-4,6-7H2,1H3. The van der Waals surface area contributed by atoms with Crippen LogP contribution in [-0.2, 0) is 4.79 Å². The largest absolute Gasteiger partial charge is 0.300 e. The average molecular weight is 216 g/mol. The molecule has 0 spiro atoms. The minimum Gasteiger partial charge on any atom is -0.300 e. The molecule has 1 unspecified atom stereocenters. The number of Topliss-reactive ketones (excluding diaryl/α,β-unsaturated/α-hetero) is 1. The van der Waals surface area contributed by atoms with Crippen LogP contribution in [0.1, 0.15) is 26.2 Å². The highest BCUT2D eigenvalue weighted by atomic mass is 16.1. The molecule has 3 heteroatoms. The quantitative estimate of drug-likeness (QED) is 0.698. The highest BCUT2D eigenvalue weighted by molar-refractivity contribution is 6.38. The maximum absolute atomic E-state index is 11.2. The summed E-state index contributed by atoms with van der Waals surface area (Å²) in [6.45, 7) is 2.38. The number of hydrogen-bond acceptors (Lipinski definition) is 3. The van der Waals surface area contributed by atoms with E-state index in [4.69, 9.17) is 0 Å². The third-order valence-electron chi connectivity index (χ3n) is 3.06. The second-order valence-electron chi connectivity index (χ2n) is 4.20. The lowest BCUT2D eigenvalue weighted by molar-refractivity contribution is -0.120. The Kier molecular flexibility index (Phi) is 3.44. The molecule has 0 aromatic heterocycles. The number of carbonyl (C=O) groups is 1. The Labute approximate surface area is 95.7 Å². The lowest BCUT2D eigenvalue weighted by Gasteiger charge is -2.19. The molecule has 2 rings (SSSR count). The first kappa shape index (κ1) is 11.0. The van der Waals surface area contributed by atoms with E-state index in [1.54, 1.807) is 13.1 Å². The van der Waals surface area contributed by atoms with E-state index in [0.29, 0.717) is 12.3 Å². The maximum atomic E-state index is 11.2. The molecule has 0 fully saturated rings. The Morgan fingerprint density at radius 2 is 2.38 bits per heavy atom. The van der Waals surface area contributed by atoms with E-state index >= 15 is 0 Å². The summed E-state index contributed by atoms with van der Waals surface area (Å²) in [7, 11) is 0. The smallest absolute Gasteiger partial charge is 0.133 e. The van der Waals surface area contributed by atoms with E-state index in [1.807, 2.05) is 12.3 Å². The van der Waals surface area contributed by atoms with Crippen molar-refractivity contribution >= 4 is 17.7 Å². The summed E-state index contributed by atoms with van der Waals surface area (Å²) >= 11 is 0. The molecule has 3 nitrogen and oxygen atoms in total. The van der Waals surface area contributed by atoms with Gasteiger partial charge in [0.05, 0.1) is 12.3 Å². The number of ketones is 1. The Balaban J connectivity index is 2.09. The van der Waals surface area contributed by atoms with Gasteiger partial charge >= 0.3 is 0 Å². The van der Waals surface area contributed by atoms with Crippen molar-refractivity contribution in [2.24, 2.45) is 15.9 Å². The first-order chi connectivity index (χ1) is 7.77. The van der Waals surface area contributed by atoms with Gasteiger partial charge < -0.3 is 0 Å². The van der Waals surface area contributed by atoms with Gasteiger partial charge in [-0.3, -0.25) is 14.8 Å². The van der Waals surface area contributed by atoms with Gasteiger partial charge in [0, 0.05) is 18.3 Å². The molecule has 0 saturated heterocycles. The van der Waals surface area contributed by atoms with Crippen LogP contribution >= 0.6 is 0 Å². The van der Waals surface area contributed by atoms with Crippen molar-refractivity contribution in [3.05, 3.63) is 23.9 Å². The van der Waals surface area contributed by atoms with Crippen LogP contribution in [0.4, 0.5) is 0 Å². The SMILES string of the molecule is CC(=O)C1CC=C(C2=NC=CCN=C2)CC1. The van der Waals surface area contributed by atoms with E-state index in [-0.39, 0.29) is 5.92 Å². The van der Waals surface area contributed by atoms with Gasteiger partial charge in [-0.15, -0.1) is 0 Å². The van der Waals surface area contributed by atoms with Crippen LogP contribution in [-0.4, -0.2) is 24.3 Å². The predicted molar refractivity (Wildman–Crippen MR) is 66.0 cm³/mol. The Bertz CT molecular complexity index is 402. The van der Waals surface area contributed by atoms with Gasteiger partial charge in [0.15, 0.2) is 0 Å². The summed E-state index contributed by atoms with van der Waals surface area (Å²) in [4.78, 5) is 19.8. The molecule has 1 atom stereocenters. The highest BCUT2D eigenvalue weighted by Gasteiger charge is 2.19. The van der Waals surface area contributed by atoms with E-state index < -0.39 is 0 Å². The molecule has 84 valence electrons. The first-order valence-electron chi connectivity index (χ1n) is 5.70. The van der Waals surface area contributed by atoms with Crippen LogP contribution in [0.2, 0.25) is 0 Å². The topological polar surface area (TPSA) is 41.8 Å². The normalized spacial score (nSPS) is 24.7. The number of hydrogen-bond donors (Lipinski definition) is 0. The third kappa shape index (κ3) is 2.54. The van der Waals surface area contributed by atoms with Gasteiger partial charge in [0.25, 0.3) is 0 Å². The minimum atomic E-state index is 0.211. The number of carbonyl (C=O) groups excluding carboxylic acids is 1. The van der Waals surface area contributed by atoms with E-state index in [0.717, 1.165) is 25.0 Å². The zero-order valence-corrected chi connectivity index (χ0v) is 9.52. The van der Waals surface area contributed by atoms with E-state index in [1.165, 1.54) is 5.57 Å². The van der Waals surface area contributed by atoms with Crippen molar-refractivity contribution < 1.29 is 4.79 Å².